The van der Waals surface area contributed by atoms with Gasteiger partial charge in [0.15, 0.2) is 17.1 Å². The monoisotopic (exact) mass is 358 g/mol. The molecule has 2 aliphatic rings. The van der Waals surface area contributed by atoms with E-state index in [0.29, 0.717) is 53.3 Å². The maximum atomic E-state index is 15.1. The molecule has 3 aromatic rings. The number of hydrogen-bond acceptors (Lipinski definition) is 6. The minimum absolute atomic E-state index is 0.174. The van der Waals surface area contributed by atoms with E-state index in [9.17, 15) is 4.79 Å². The molecule has 2 N–H and O–H groups in total. The van der Waals surface area contributed by atoms with Gasteiger partial charge in [0.05, 0.1) is 16.9 Å². The third kappa shape index (κ3) is 1.96. The maximum Gasteiger partial charge on any atom is 0.281 e. The van der Waals surface area contributed by atoms with E-state index in [2.05, 4.69) is 5.16 Å². The summed E-state index contributed by atoms with van der Waals surface area (Å²) in [4.78, 5) is 14.9. The van der Waals surface area contributed by atoms with E-state index in [1.807, 2.05) is 11.8 Å². The highest BCUT2D eigenvalue weighted by atomic mass is 19.1. The molecule has 0 radical (unpaired) electrons. The molecule has 26 heavy (non-hydrogen) atoms. The van der Waals surface area contributed by atoms with Crippen molar-refractivity contribution >= 4 is 27.5 Å². The van der Waals surface area contributed by atoms with E-state index in [1.54, 1.807) is 4.57 Å². The first kappa shape index (κ1) is 15.6. The molecule has 2 aliphatic heterocycles. The fraction of sp³-hybridized carbons (Fsp3) is 0.444. The lowest BCUT2D eigenvalue weighted by atomic mass is 10.1. The Morgan fingerprint density at radius 3 is 3.04 bits per heavy atom. The van der Waals surface area contributed by atoms with Gasteiger partial charge in [-0.25, -0.2) is 4.39 Å². The summed E-state index contributed by atoms with van der Waals surface area (Å²) in [5, 5.41) is 4.91. The molecular formula is C18H19FN4O3. The van der Waals surface area contributed by atoms with Gasteiger partial charge >= 0.3 is 0 Å². The fourth-order valence-corrected chi connectivity index (χ4v) is 4.21. The van der Waals surface area contributed by atoms with Crippen LogP contribution in [-0.2, 0) is 0 Å². The van der Waals surface area contributed by atoms with Crippen LogP contribution >= 0.6 is 0 Å². The molecule has 2 unspecified atom stereocenters. The van der Waals surface area contributed by atoms with Crippen LogP contribution < -0.4 is 20.9 Å². The standard InChI is InChI=1S/C18H19FN4O3/c1-9-7-25-17-15-11(12-8-26-21-14(12)18(24)23(9)15)4-13(19)16(17)22-3-2-10(5-20)6-22/h4,8-10H,2-3,5-7,20H2,1H3. The molecule has 2 atom stereocenters. The number of nitrogens with two attached hydrogens (primary N) is 1. The number of benzene rings is 1. The number of hydrogen-bond donors (Lipinski definition) is 1. The van der Waals surface area contributed by atoms with Gasteiger partial charge in [0, 0.05) is 18.5 Å². The normalized spacial score (nSPS) is 22.3. The third-order valence-electron chi connectivity index (χ3n) is 5.55. The first-order valence-corrected chi connectivity index (χ1v) is 8.82. The summed E-state index contributed by atoms with van der Waals surface area (Å²) >= 11 is 0. The molecule has 1 aromatic carbocycles. The molecular weight excluding hydrogens is 339 g/mol. The number of fused-ring (bicyclic) bond motifs is 2. The number of rotatable bonds is 2. The number of aromatic nitrogens is 2. The van der Waals surface area contributed by atoms with E-state index in [4.69, 9.17) is 15.0 Å². The van der Waals surface area contributed by atoms with Crippen molar-refractivity contribution in [1.29, 1.82) is 0 Å². The van der Waals surface area contributed by atoms with Gasteiger partial charge in [-0.2, -0.15) is 0 Å². The van der Waals surface area contributed by atoms with Crippen molar-refractivity contribution in [2.75, 3.05) is 31.1 Å². The summed E-state index contributed by atoms with van der Waals surface area (Å²) in [7, 11) is 0. The van der Waals surface area contributed by atoms with E-state index in [-0.39, 0.29) is 22.9 Å². The zero-order chi connectivity index (χ0) is 18.0. The fourth-order valence-electron chi connectivity index (χ4n) is 4.21. The predicted molar refractivity (Wildman–Crippen MR) is 95.3 cm³/mol. The van der Waals surface area contributed by atoms with Crippen LogP contribution in [0.2, 0.25) is 0 Å². The molecule has 5 rings (SSSR count). The second-order valence-corrected chi connectivity index (χ2v) is 7.18. The molecule has 7 nitrogen and oxygen atoms in total. The van der Waals surface area contributed by atoms with Crippen LogP contribution in [0.4, 0.5) is 10.1 Å². The van der Waals surface area contributed by atoms with Crippen LogP contribution in [-0.4, -0.2) is 36.0 Å². The van der Waals surface area contributed by atoms with Crippen LogP contribution in [0.25, 0.3) is 21.8 Å². The van der Waals surface area contributed by atoms with Crippen LogP contribution in [0, 0.1) is 11.7 Å². The summed E-state index contributed by atoms with van der Waals surface area (Å²) in [6.45, 7) is 4.18. The molecule has 0 saturated carbocycles. The Labute approximate surface area is 148 Å². The van der Waals surface area contributed by atoms with Crippen molar-refractivity contribution in [2.24, 2.45) is 11.7 Å². The average molecular weight is 358 g/mol. The Hall–Kier alpha value is -2.61. The van der Waals surface area contributed by atoms with Crippen molar-refractivity contribution in [3.8, 4) is 5.75 Å². The molecule has 2 aromatic heterocycles. The average Bonchev–Trinajstić information content (AvgIpc) is 3.29. The lowest BCUT2D eigenvalue weighted by Gasteiger charge is -2.30. The summed E-state index contributed by atoms with van der Waals surface area (Å²) in [5.41, 5.74) is 6.79. The molecule has 0 spiro atoms. The first-order valence-electron chi connectivity index (χ1n) is 8.82. The van der Waals surface area contributed by atoms with Gasteiger partial charge in [0.1, 0.15) is 18.6 Å². The van der Waals surface area contributed by atoms with Gasteiger partial charge in [-0.15, -0.1) is 0 Å². The molecule has 0 amide bonds. The smallest absolute Gasteiger partial charge is 0.281 e. The van der Waals surface area contributed by atoms with Gasteiger partial charge in [-0.3, -0.25) is 9.36 Å². The van der Waals surface area contributed by atoms with E-state index < -0.39 is 0 Å². The maximum absolute atomic E-state index is 15.1. The minimum atomic E-state index is -0.368. The van der Waals surface area contributed by atoms with Crippen LogP contribution in [0.15, 0.2) is 21.6 Å². The van der Waals surface area contributed by atoms with Crippen molar-refractivity contribution in [3.05, 3.63) is 28.5 Å². The number of anilines is 1. The highest BCUT2D eigenvalue weighted by Crippen LogP contribution is 2.44. The zero-order valence-electron chi connectivity index (χ0n) is 14.4. The minimum Gasteiger partial charge on any atom is -0.487 e. The molecule has 1 fully saturated rings. The van der Waals surface area contributed by atoms with Crippen LogP contribution in [0.3, 0.4) is 0 Å². The third-order valence-corrected chi connectivity index (χ3v) is 5.55. The summed E-state index contributed by atoms with van der Waals surface area (Å²) < 4.78 is 27.8. The highest BCUT2D eigenvalue weighted by molar-refractivity contribution is 6.08. The number of halogens is 1. The lowest BCUT2D eigenvalue weighted by Crippen LogP contribution is -2.32. The second kappa shape index (κ2) is 5.44. The summed E-state index contributed by atoms with van der Waals surface area (Å²) in [6.07, 6.45) is 2.31. The van der Waals surface area contributed by atoms with Crippen molar-refractivity contribution < 1.29 is 13.7 Å². The van der Waals surface area contributed by atoms with Crippen molar-refractivity contribution in [2.45, 2.75) is 19.4 Å². The Kier molecular flexibility index (Phi) is 3.27. The topological polar surface area (TPSA) is 86.5 Å². The Morgan fingerprint density at radius 1 is 1.42 bits per heavy atom. The van der Waals surface area contributed by atoms with Gasteiger partial charge in [0.25, 0.3) is 5.56 Å². The van der Waals surface area contributed by atoms with Crippen molar-refractivity contribution in [3.63, 3.8) is 0 Å². The quantitative estimate of drug-likeness (QED) is 0.754. The highest BCUT2D eigenvalue weighted by Gasteiger charge is 2.33. The van der Waals surface area contributed by atoms with E-state index >= 15 is 4.39 Å². The predicted octanol–water partition coefficient (Wildman–Crippen LogP) is 2.02. The van der Waals surface area contributed by atoms with Gasteiger partial charge in [0.2, 0.25) is 0 Å². The molecule has 136 valence electrons. The lowest BCUT2D eigenvalue weighted by molar-refractivity contribution is 0.244. The molecule has 0 bridgehead atoms. The first-order chi connectivity index (χ1) is 12.6. The van der Waals surface area contributed by atoms with Crippen LogP contribution in [0.1, 0.15) is 19.4 Å². The van der Waals surface area contributed by atoms with Gasteiger partial charge < -0.3 is 19.9 Å². The molecule has 0 aliphatic carbocycles. The second-order valence-electron chi connectivity index (χ2n) is 7.18. The van der Waals surface area contributed by atoms with E-state index in [0.717, 1.165) is 13.0 Å². The Morgan fingerprint density at radius 2 is 2.27 bits per heavy atom. The summed E-state index contributed by atoms with van der Waals surface area (Å²) in [6, 6.07) is 1.29. The molecule has 8 heteroatoms. The number of ether oxygens (including phenoxy) is 1. The summed E-state index contributed by atoms with van der Waals surface area (Å²) in [5.74, 6) is 0.394. The Balaban J connectivity index is 1.86. The SMILES string of the molecule is CC1COc2c(N3CCC(CN)C3)c(F)cc3c4conc4c(=O)n1c23. The van der Waals surface area contributed by atoms with Crippen molar-refractivity contribution in [1.82, 2.24) is 9.72 Å². The number of nitrogens with zero attached hydrogens (tertiary/aromatic N) is 3. The van der Waals surface area contributed by atoms with Gasteiger partial charge in [-0.1, -0.05) is 5.16 Å². The number of pyridine rings is 1. The van der Waals surface area contributed by atoms with Crippen LogP contribution in [0.5, 0.6) is 5.75 Å². The zero-order valence-corrected chi connectivity index (χ0v) is 14.4. The molecule has 4 heterocycles. The van der Waals surface area contributed by atoms with Gasteiger partial charge in [-0.05, 0) is 31.9 Å². The molecule has 1 saturated heterocycles. The Bertz CT molecular complexity index is 1090. The van der Waals surface area contributed by atoms with E-state index in [1.165, 1.54) is 12.3 Å². The largest absolute Gasteiger partial charge is 0.487 e.